The highest BCUT2D eigenvalue weighted by Gasteiger charge is 2.31. The second-order valence-electron chi connectivity index (χ2n) is 5.86. The van der Waals surface area contributed by atoms with Crippen LogP contribution in [0.5, 0.6) is 0 Å². The number of hydrogen-bond acceptors (Lipinski definition) is 4. The number of thioether (sulfide) groups is 1. The van der Waals surface area contributed by atoms with Gasteiger partial charge in [0, 0.05) is 17.2 Å². The fraction of sp³-hybridized carbons (Fsp3) is 0.211. The highest BCUT2D eigenvalue weighted by molar-refractivity contribution is 7.99. The molecule has 24 heavy (non-hydrogen) atoms. The largest absolute Gasteiger partial charge is 0.293 e. The van der Waals surface area contributed by atoms with Crippen molar-refractivity contribution in [2.75, 3.05) is 5.75 Å². The number of benzene rings is 2. The standard InChI is InChI=1S/C19H17N3OS/c23-17(14-7-3-1-4-8-14)13-24-19-21-20-18(15-11-12-15)22(19)16-9-5-2-6-10-16/h1-10,15H,11-13H2. The summed E-state index contributed by atoms with van der Waals surface area (Å²) in [7, 11) is 0. The van der Waals surface area contributed by atoms with E-state index in [1.165, 1.54) is 24.6 Å². The summed E-state index contributed by atoms with van der Waals surface area (Å²) in [5, 5.41) is 9.51. The molecule has 1 aromatic heterocycles. The van der Waals surface area contributed by atoms with Crippen LogP contribution in [0.1, 0.15) is 34.9 Å². The van der Waals surface area contributed by atoms with Gasteiger partial charge in [-0.2, -0.15) is 0 Å². The van der Waals surface area contributed by atoms with Crippen LogP contribution in [0.15, 0.2) is 65.8 Å². The van der Waals surface area contributed by atoms with Gasteiger partial charge in [0.15, 0.2) is 10.9 Å². The van der Waals surface area contributed by atoms with Crippen LogP contribution in [0.4, 0.5) is 0 Å². The molecule has 2 aromatic carbocycles. The van der Waals surface area contributed by atoms with Crippen molar-refractivity contribution in [3.63, 3.8) is 0 Å². The molecule has 0 aliphatic heterocycles. The predicted molar refractivity (Wildman–Crippen MR) is 94.8 cm³/mol. The molecule has 1 heterocycles. The van der Waals surface area contributed by atoms with Gasteiger partial charge in [-0.15, -0.1) is 10.2 Å². The van der Waals surface area contributed by atoms with Crippen LogP contribution in [0.25, 0.3) is 5.69 Å². The Morgan fingerprint density at radius 3 is 2.33 bits per heavy atom. The zero-order valence-electron chi connectivity index (χ0n) is 13.1. The minimum atomic E-state index is 0.108. The van der Waals surface area contributed by atoms with Crippen LogP contribution >= 0.6 is 11.8 Å². The molecule has 0 amide bonds. The summed E-state index contributed by atoms with van der Waals surface area (Å²) in [6.45, 7) is 0. The van der Waals surface area contributed by atoms with Crippen LogP contribution in [0, 0.1) is 0 Å². The van der Waals surface area contributed by atoms with Crippen molar-refractivity contribution < 1.29 is 4.79 Å². The monoisotopic (exact) mass is 335 g/mol. The zero-order chi connectivity index (χ0) is 16.4. The number of carbonyl (C=O) groups excluding carboxylic acids is 1. The maximum Gasteiger partial charge on any atom is 0.196 e. The van der Waals surface area contributed by atoms with Gasteiger partial charge in [0.25, 0.3) is 0 Å². The van der Waals surface area contributed by atoms with Gasteiger partial charge in [0.05, 0.1) is 5.75 Å². The molecule has 0 spiro atoms. The number of Topliss-reactive ketones (excluding diaryl/α,β-unsaturated/α-hetero) is 1. The third kappa shape index (κ3) is 3.12. The number of para-hydroxylation sites is 1. The van der Waals surface area contributed by atoms with Crippen LogP contribution in [-0.2, 0) is 0 Å². The minimum absolute atomic E-state index is 0.108. The molecule has 0 N–H and O–H groups in total. The van der Waals surface area contributed by atoms with Crippen LogP contribution in [0.3, 0.4) is 0 Å². The molecule has 4 rings (SSSR count). The molecule has 1 aliphatic carbocycles. The lowest BCUT2D eigenvalue weighted by Crippen LogP contribution is -2.05. The fourth-order valence-electron chi connectivity index (χ4n) is 2.64. The van der Waals surface area contributed by atoms with Gasteiger partial charge in [-0.3, -0.25) is 9.36 Å². The summed E-state index contributed by atoms with van der Waals surface area (Å²) in [4.78, 5) is 12.3. The zero-order valence-corrected chi connectivity index (χ0v) is 13.9. The van der Waals surface area contributed by atoms with E-state index < -0.39 is 0 Å². The van der Waals surface area contributed by atoms with E-state index in [0.29, 0.717) is 11.7 Å². The molecular weight excluding hydrogens is 318 g/mol. The molecule has 4 nitrogen and oxygen atoms in total. The second-order valence-corrected chi connectivity index (χ2v) is 6.81. The van der Waals surface area contributed by atoms with E-state index in [2.05, 4.69) is 26.9 Å². The SMILES string of the molecule is O=C(CSc1nnc(C2CC2)n1-c1ccccc1)c1ccccc1. The van der Waals surface area contributed by atoms with Crippen LogP contribution < -0.4 is 0 Å². The third-order valence-electron chi connectivity index (χ3n) is 4.04. The molecule has 0 saturated heterocycles. The predicted octanol–water partition coefficient (Wildman–Crippen LogP) is 4.12. The van der Waals surface area contributed by atoms with Crippen molar-refractivity contribution in [2.45, 2.75) is 23.9 Å². The maximum atomic E-state index is 12.3. The second kappa shape index (κ2) is 6.61. The quantitative estimate of drug-likeness (QED) is 0.502. The van der Waals surface area contributed by atoms with E-state index in [4.69, 9.17) is 0 Å². The smallest absolute Gasteiger partial charge is 0.196 e. The summed E-state index contributed by atoms with van der Waals surface area (Å²) < 4.78 is 2.10. The Hall–Kier alpha value is -2.40. The van der Waals surface area contributed by atoms with Gasteiger partial charge in [0.2, 0.25) is 0 Å². The summed E-state index contributed by atoms with van der Waals surface area (Å²) in [6, 6.07) is 19.5. The van der Waals surface area contributed by atoms with E-state index in [9.17, 15) is 4.79 Å². The minimum Gasteiger partial charge on any atom is -0.293 e. The topological polar surface area (TPSA) is 47.8 Å². The molecule has 120 valence electrons. The first-order chi connectivity index (χ1) is 11.8. The molecule has 1 fully saturated rings. The molecule has 0 radical (unpaired) electrons. The molecule has 3 aromatic rings. The average Bonchev–Trinajstić information content (AvgIpc) is 3.40. The van der Waals surface area contributed by atoms with Gasteiger partial charge in [-0.25, -0.2) is 0 Å². The lowest BCUT2D eigenvalue weighted by atomic mass is 10.2. The number of aromatic nitrogens is 3. The number of nitrogens with zero attached hydrogens (tertiary/aromatic N) is 3. The molecule has 0 bridgehead atoms. The lowest BCUT2D eigenvalue weighted by molar-refractivity contribution is 0.102. The average molecular weight is 335 g/mol. The normalized spacial score (nSPS) is 13.8. The Bertz CT molecular complexity index is 842. The van der Waals surface area contributed by atoms with Gasteiger partial charge in [-0.1, -0.05) is 60.3 Å². The van der Waals surface area contributed by atoms with Crippen molar-refractivity contribution in [3.05, 3.63) is 72.1 Å². The Morgan fingerprint density at radius 1 is 1.00 bits per heavy atom. The van der Waals surface area contributed by atoms with Crippen LogP contribution in [0.2, 0.25) is 0 Å². The first-order valence-electron chi connectivity index (χ1n) is 8.05. The maximum absolute atomic E-state index is 12.3. The van der Waals surface area contributed by atoms with Crippen LogP contribution in [-0.4, -0.2) is 26.3 Å². The molecule has 1 saturated carbocycles. The first-order valence-corrected chi connectivity index (χ1v) is 9.03. The van der Waals surface area contributed by atoms with Crippen molar-refractivity contribution in [1.82, 2.24) is 14.8 Å². The number of hydrogen-bond donors (Lipinski definition) is 0. The third-order valence-corrected chi connectivity index (χ3v) is 4.97. The Kier molecular flexibility index (Phi) is 4.17. The first kappa shape index (κ1) is 15.1. The molecule has 0 atom stereocenters. The summed E-state index contributed by atoms with van der Waals surface area (Å²) >= 11 is 1.45. The highest BCUT2D eigenvalue weighted by atomic mass is 32.2. The highest BCUT2D eigenvalue weighted by Crippen LogP contribution is 2.41. The van der Waals surface area contributed by atoms with Crippen molar-refractivity contribution in [1.29, 1.82) is 0 Å². The van der Waals surface area contributed by atoms with Gasteiger partial charge < -0.3 is 0 Å². The van der Waals surface area contributed by atoms with E-state index in [0.717, 1.165) is 22.2 Å². The molecule has 0 unspecified atom stereocenters. The van der Waals surface area contributed by atoms with E-state index in [1.807, 2.05) is 48.5 Å². The molecular formula is C19H17N3OS. The van der Waals surface area contributed by atoms with Crippen molar-refractivity contribution in [2.24, 2.45) is 0 Å². The van der Waals surface area contributed by atoms with Crippen molar-refractivity contribution in [3.8, 4) is 5.69 Å². The van der Waals surface area contributed by atoms with E-state index in [-0.39, 0.29) is 5.78 Å². The number of rotatable bonds is 6. The van der Waals surface area contributed by atoms with E-state index in [1.54, 1.807) is 0 Å². The van der Waals surface area contributed by atoms with Crippen molar-refractivity contribution >= 4 is 17.5 Å². The van der Waals surface area contributed by atoms with Gasteiger partial charge >= 0.3 is 0 Å². The summed E-state index contributed by atoms with van der Waals surface area (Å²) in [5.41, 5.74) is 1.79. The Morgan fingerprint density at radius 2 is 1.67 bits per heavy atom. The van der Waals surface area contributed by atoms with E-state index >= 15 is 0 Å². The fourth-order valence-corrected chi connectivity index (χ4v) is 3.49. The Balaban J connectivity index is 1.58. The van der Waals surface area contributed by atoms with Gasteiger partial charge in [-0.05, 0) is 25.0 Å². The number of carbonyl (C=O) groups is 1. The summed E-state index contributed by atoms with van der Waals surface area (Å²) in [6.07, 6.45) is 2.33. The lowest BCUT2D eigenvalue weighted by Gasteiger charge is -2.09. The molecule has 5 heteroatoms. The molecule has 1 aliphatic rings. The summed E-state index contributed by atoms with van der Waals surface area (Å²) in [5.74, 6) is 1.98. The Labute approximate surface area is 144 Å². The number of ketones is 1. The van der Waals surface area contributed by atoms with Gasteiger partial charge in [0.1, 0.15) is 5.82 Å².